The topological polar surface area (TPSA) is 105 Å². The highest BCUT2D eigenvalue weighted by atomic mass is 16.7. The number of unbranched alkanes of at least 4 members (excludes halogenated alkanes) is 8. The van der Waals surface area contributed by atoms with Crippen LogP contribution in [-0.4, -0.2) is 64.7 Å². The Morgan fingerprint density at radius 2 is 1.63 bits per heavy atom. The van der Waals surface area contributed by atoms with Gasteiger partial charge in [0.25, 0.3) is 0 Å². The van der Waals surface area contributed by atoms with Crippen LogP contribution in [0.5, 0.6) is 0 Å². The summed E-state index contributed by atoms with van der Waals surface area (Å²) in [5.41, 5.74) is 3.27. The number of carbonyl (C=O) groups excluding carboxylic acids is 1. The number of rotatable bonds is 19. The summed E-state index contributed by atoms with van der Waals surface area (Å²) in [6, 6.07) is 0. The van der Waals surface area contributed by atoms with Gasteiger partial charge in [0.05, 0.1) is 6.10 Å². The van der Waals surface area contributed by atoms with Gasteiger partial charge < -0.3 is 29.5 Å². The molecule has 4 fully saturated rings. The van der Waals surface area contributed by atoms with Gasteiger partial charge in [0.15, 0.2) is 6.29 Å². The van der Waals surface area contributed by atoms with Crippen LogP contribution in [0.1, 0.15) is 164 Å². The molecule has 0 amide bonds. The van der Waals surface area contributed by atoms with Crippen LogP contribution in [0.4, 0.5) is 0 Å². The number of fused-ring (bicyclic) bond motifs is 5. The molecule has 1 heterocycles. The molecule has 0 unspecified atom stereocenters. The average molecular weight is 755 g/mol. The van der Waals surface area contributed by atoms with Gasteiger partial charge in [0, 0.05) is 6.42 Å². The normalized spacial score (nSPS) is 38.9. The van der Waals surface area contributed by atoms with E-state index in [2.05, 4.69) is 66.3 Å². The first kappa shape index (κ1) is 43.6. The molecule has 3 saturated carbocycles. The third kappa shape index (κ3) is 9.95. The first-order chi connectivity index (χ1) is 25.8. The molecule has 14 atom stereocenters. The number of carbonyl (C=O) groups is 1. The molecule has 0 bridgehead atoms. The molecule has 0 spiro atoms. The molecular weight excluding hydrogens is 677 g/mol. The van der Waals surface area contributed by atoms with Gasteiger partial charge in [-0.2, -0.15) is 0 Å². The van der Waals surface area contributed by atoms with E-state index in [0.717, 1.165) is 69.1 Å². The molecule has 4 aliphatic carbocycles. The lowest BCUT2D eigenvalue weighted by Gasteiger charge is -2.58. The predicted octanol–water partition coefficient (Wildman–Crippen LogP) is 10.0. The monoisotopic (exact) mass is 755 g/mol. The lowest BCUT2D eigenvalue weighted by atomic mass is 9.47. The summed E-state index contributed by atoms with van der Waals surface area (Å²) in [5.74, 6) is 3.62. The number of esters is 1. The van der Waals surface area contributed by atoms with Crippen LogP contribution < -0.4 is 0 Å². The second kappa shape index (κ2) is 19.8. The lowest BCUT2D eigenvalue weighted by Crippen LogP contribution is -2.60. The summed E-state index contributed by atoms with van der Waals surface area (Å²) in [6.07, 6.45) is 22.1. The molecule has 5 rings (SSSR count). The molecule has 3 N–H and O–H groups in total. The number of hydrogen-bond acceptors (Lipinski definition) is 7. The average Bonchev–Trinajstić information content (AvgIpc) is 3.51. The van der Waals surface area contributed by atoms with Crippen molar-refractivity contribution in [3.63, 3.8) is 0 Å². The fourth-order valence-corrected chi connectivity index (χ4v) is 11.9. The number of allylic oxidation sites excluding steroid dienone is 4. The zero-order valence-corrected chi connectivity index (χ0v) is 35.0. The highest BCUT2D eigenvalue weighted by molar-refractivity contribution is 5.69. The van der Waals surface area contributed by atoms with Gasteiger partial charge in [-0.05, 0) is 117 Å². The zero-order chi connectivity index (χ0) is 39.0. The quantitative estimate of drug-likeness (QED) is 0.0685. The number of aliphatic hydroxyl groups is 3. The summed E-state index contributed by atoms with van der Waals surface area (Å²) < 4.78 is 17.9. The first-order valence-corrected chi connectivity index (χ1v) is 22.4. The van der Waals surface area contributed by atoms with E-state index in [9.17, 15) is 20.1 Å². The van der Waals surface area contributed by atoms with Crippen molar-refractivity contribution in [2.24, 2.45) is 46.3 Å². The molecule has 308 valence electrons. The standard InChI is InChI=1S/C47H78O7/c1-8-10-11-12-13-14-15-16-17-18-41(48)52-30-40-42(49)43(50)44(51)45(54-40)53-35-25-27-46(6)34(29-35)21-22-36-38-24-23-37(47(38,7)28-26-39(36)46)32(5)19-20-33(9-2)31(3)4/h19-21,32-33,35-40,42-45,49-51H,3,8-18,22-30H2,1-2,4-7H3/b20-19+/t32-,33+,35+,36+,37-,38+,39+,40-,42-,43+,44-,45-,46+,47-/m1/s1. The Labute approximate surface area is 328 Å². The minimum atomic E-state index is -1.45. The minimum absolute atomic E-state index is 0.149. The van der Waals surface area contributed by atoms with Gasteiger partial charge in [0.2, 0.25) is 0 Å². The van der Waals surface area contributed by atoms with E-state index in [-0.39, 0.29) is 24.1 Å². The highest BCUT2D eigenvalue weighted by Gasteiger charge is 2.59. The van der Waals surface area contributed by atoms with Gasteiger partial charge in [0.1, 0.15) is 31.0 Å². The Hall–Kier alpha value is -1.51. The Bertz CT molecular complexity index is 1280. The van der Waals surface area contributed by atoms with Gasteiger partial charge in [-0.15, -0.1) is 0 Å². The number of hydrogen-bond donors (Lipinski definition) is 3. The van der Waals surface area contributed by atoms with Crippen LogP contribution in [0.3, 0.4) is 0 Å². The van der Waals surface area contributed by atoms with Crippen molar-refractivity contribution in [3.05, 3.63) is 36.0 Å². The predicted molar refractivity (Wildman–Crippen MR) is 216 cm³/mol. The molecule has 0 aromatic carbocycles. The molecule has 1 aliphatic heterocycles. The molecule has 0 aromatic heterocycles. The maximum absolute atomic E-state index is 12.5. The maximum Gasteiger partial charge on any atom is 0.305 e. The first-order valence-electron chi connectivity index (χ1n) is 22.4. The molecular formula is C47H78O7. The molecule has 0 radical (unpaired) electrons. The Morgan fingerprint density at radius 1 is 0.926 bits per heavy atom. The molecule has 7 nitrogen and oxygen atoms in total. The second-order valence-electron chi connectivity index (χ2n) is 18.9. The smallest absolute Gasteiger partial charge is 0.305 e. The Kier molecular flexibility index (Phi) is 16.0. The lowest BCUT2D eigenvalue weighted by molar-refractivity contribution is -0.313. The summed E-state index contributed by atoms with van der Waals surface area (Å²) in [5, 5.41) is 32.3. The fourth-order valence-electron chi connectivity index (χ4n) is 11.9. The van der Waals surface area contributed by atoms with E-state index < -0.39 is 30.7 Å². The van der Waals surface area contributed by atoms with E-state index in [1.165, 1.54) is 75.4 Å². The molecule has 7 heteroatoms. The van der Waals surface area contributed by atoms with Crippen LogP contribution in [0.15, 0.2) is 36.0 Å². The van der Waals surface area contributed by atoms with Gasteiger partial charge in [-0.25, -0.2) is 0 Å². The van der Waals surface area contributed by atoms with Crippen molar-refractivity contribution in [1.29, 1.82) is 0 Å². The van der Waals surface area contributed by atoms with Crippen LogP contribution in [0, 0.1) is 46.3 Å². The van der Waals surface area contributed by atoms with Crippen LogP contribution in [0.2, 0.25) is 0 Å². The summed E-state index contributed by atoms with van der Waals surface area (Å²) in [4.78, 5) is 12.5. The van der Waals surface area contributed by atoms with E-state index in [1.807, 2.05) is 0 Å². The van der Waals surface area contributed by atoms with Crippen molar-refractivity contribution >= 4 is 5.97 Å². The van der Waals surface area contributed by atoms with E-state index in [0.29, 0.717) is 29.6 Å². The van der Waals surface area contributed by atoms with E-state index >= 15 is 0 Å². The summed E-state index contributed by atoms with van der Waals surface area (Å²) >= 11 is 0. The SMILES string of the molecule is C=C(C)[C@H](/C=C/[C@@H](C)[C@H]1CC[C@H]2[C@@H]3CC=C4C[C@@H](O[C@@H]5O[C@H](COC(=O)CCCCCCCCCCC)[C@@H](O)[C@H](O)[C@H]5O)CC[C@]4(C)[C@H]3CC[C@]12C)CC. The van der Waals surface area contributed by atoms with Crippen molar-refractivity contribution in [3.8, 4) is 0 Å². The molecule has 54 heavy (non-hydrogen) atoms. The van der Waals surface area contributed by atoms with Crippen molar-refractivity contribution in [2.75, 3.05) is 6.61 Å². The van der Waals surface area contributed by atoms with Crippen LogP contribution >= 0.6 is 0 Å². The third-order valence-electron chi connectivity index (χ3n) is 15.4. The van der Waals surface area contributed by atoms with Gasteiger partial charge in [-0.1, -0.05) is 122 Å². The second-order valence-corrected chi connectivity index (χ2v) is 18.9. The Balaban J connectivity index is 1.11. The van der Waals surface area contributed by atoms with Gasteiger partial charge in [-0.3, -0.25) is 4.79 Å². The molecule has 1 saturated heterocycles. The highest BCUT2D eigenvalue weighted by Crippen LogP contribution is 2.67. The van der Waals surface area contributed by atoms with Crippen LogP contribution in [-0.2, 0) is 19.0 Å². The van der Waals surface area contributed by atoms with Gasteiger partial charge >= 0.3 is 5.97 Å². The number of aliphatic hydroxyl groups excluding tert-OH is 3. The molecule has 5 aliphatic rings. The summed E-state index contributed by atoms with van der Waals surface area (Å²) in [6.45, 7) is 18.3. The van der Waals surface area contributed by atoms with E-state index in [4.69, 9.17) is 14.2 Å². The van der Waals surface area contributed by atoms with Crippen molar-refractivity contribution < 1.29 is 34.3 Å². The van der Waals surface area contributed by atoms with E-state index in [1.54, 1.807) is 0 Å². The van der Waals surface area contributed by atoms with Crippen molar-refractivity contribution in [1.82, 2.24) is 0 Å². The third-order valence-corrected chi connectivity index (χ3v) is 15.4. The largest absolute Gasteiger partial charge is 0.463 e. The van der Waals surface area contributed by atoms with Crippen molar-refractivity contribution in [2.45, 2.75) is 200 Å². The zero-order valence-electron chi connectivity index (χ0n) is 35.0. The maximum atomic E-state index is 12.5. The minimum Gasteiger partial charge on any atom is -0.463 e. The summed E-state index contributed by atoms with van der Waals surface area (Å²) in [7, 11) is 0. The Morgan fingerprint density at radius 3 is 2.31 bits per heavy atom. The number of ether oxygens (including phenoxy) is 3. The molecule has 0 aromatic rings. The van der Waals surface area contributed by atoms with Crippen LogP contribution in [0.25, 0.3) is 0 Å². The fraction of sp³-hybridized carbons (Fsp3) is 0.851.